The molecule has 0 aliphatic carbocycles. The Morgan fingerprint density at radius 1 is 1.35 bits per heavy atom. The van der Waals surface area contributed by atoms with E-state index in [1.807, 2.05) is 11.9 Å². The fourth-order valence-electron chi connectivity index (χ4n) is 2.41. The predicted molar refractivity (Wildman–Crippen MR) is 60.5 cm³/mol. The van der Waals surface area contributed by atoms with E-state index in [1.165, 1.54) is 12.1 Å². The first kappa shape index (κ1) is 12.2. The van der Waals surface area contributed by atoms with Crippen LogP contribution < -0.4 is 5.73 Å². The molecule has 17 heavy (non-hydrogen) atoms. The summed E-state index contributed by atoms with van der Waals surface area (Å²) < 4.78 is 38.8. The van der Waals surface area contributed by atoms with Crippen molar-refractivity contribution < 1.29 is 13.2 Å². The lowest BCUT2D eigenvalue weighted by Gasteiger charge is -2.23. The lowest BCUT2D eigenvalue weighted by Crippen LogP contribution is -2.21. The van der Waals surface area contributed by atoms with E-state index in [0.29, 0.717) is 5.56 Å². The van der Waals surface area contributed by atoms with Gasteiger partial charge in [-0.05, 0) is 44.1 Å². The number of hydrogen-bond donors (Lipinski definition) is 1. The van der Waals surface area contributed by atoms with Gasteiger partial charge in [0.2, 0.25) is 0 Å². The van der Waals surface area contributed by atoms with Gasteiger partial charge < -0.3 is 5.73 Å². The second kappa shape index (κ2) is 4.22. The predicted octanol–water partition coefficient (Wildman–Crippen LogP) is 3.05. The van der Waals surface area contributed by atoms with Crippen molar-refractivity contribution in [3.8, 4) is 0 Å². The number of rotatable bonds is 1. The zero-order valence-corrected chi connectivity index (χ0v) is 9.59. The fourth-order valence-corrected chi connectivity index (χ4v) is 2.41. The Bertz CT molecular complexity index is 415. The molecule has 1 aromatic rings. The molecule has 1 aliphatic rings. The maximum Gasteiger partial charge on any atom is 0.416 e. The molecule has 0 amide bonds. The molecule has 2 rings (SSSR count). The number of benzene rings is 1. The zero-order chi connectivity index (χ0) is 12.6. The number of alkyl halides is 3. The Balaban J connectivity index is 2.46. The van der Waals surface area contributed by atoms with Crippen molar-refractivity contribution in [2.75, 3.05) is 19.3 Å². The molecule has 0 radical (unpaired) electrons. The van der Waals surface area contributed by atoms with Crippen molar-refractivity contribution in [3.63, 3.8) is 0 Å². The van der Waals surface area contributed by atoms with Crippen LogP contribution in [0.4, 0.5) is 18.9 Å². The van der Waals surface area contributed by atoms with Gasteiger partial charge in [-0.2, -0.15) is 13.2 Å². The first-order valence-corrected chi connectivity index (χ1v) is 5.56. The summed E-state index contributed by atoms with van der Waals surface area (Å²) in [5.41, 5.74) is 5.34. The Labute approximate surface area is 98.2 Å². The molecule has 1 heterocycles. The highest BCUT2D eigenvalue weighted by atomic mass is 19.4. The summed E-state index contributed by atoms with van der Waals surface area (Å²) in [6, 6.07) is 3.93. The molecule has 0 aromatic heterocycles. The average molecular weight is 244 g/mol. The number of likely N-dealkylation sites (tertiary alicyclic amines) is 1. The van der Waals surface area contributed by atoms with Crippen molar-refractivity contribution >= 4 is 5.69 Å². The molecule has 2 nitrogen and oxygen atoms in total. The van der Waals surface area contributed by atoms with Crippen LogP contribution in [0, 0.1) is 0 Å². The topological polar surface area (TPSA) is 29.3 Å². The minimum atomic E-state index is -4.34. The van der Waals surface area contributed by atoms with Crippen molar-refractivity contribution in [2.24, 2.45) is 0 Å². The van der Waals surface area contributed by atoms with Gasteiger partial charge in [0.15, 0.2) is 0 Å². The molecule has 0 spiro atoms. The van der Waals surface area contributed by atoms with Gasteiger partial charge in [-0.1, -0.05) is 6.07 Å². The highest BCUT2D eigenvalue weighted by Gasteiger charge is 2.37. The third-order valence-corrected chi connectivity index (χ3v) is 3.26. The van der Waals surface area contributed by atoms with Crippen molar-refractivity contribution in [1.82, 2.24) is 4.90 Å². The zero-order valence-electron chi connectivity index (χ0n) is 9.59. The van der Waals surface area contributed by atoms with E-state index in [-0.39, 0.29) is 11.7 Å². The number of nitrogens with zero attached hydrogens (tertiary/aromatic N) is 1. The molecule has 94 valence electrons. The van der Waals surface area contributed by atoms with Crippen molar-refractivity contribution in [2.45, 2.75) is 25.1 Å². The maximum atomic E-state index is 12.9. The van der Waals surface area contributed by atoms with Gasteiger partial charge in [0.1, 0.15) is 0 Å². The summed E-state index contributed by atoms with van der Waals surface area (Å²) in [6.45, 7) is 0.840. The first-order valence-electron chi connectivity index (χ1n) is 5.56. The van der Waals surface area contributed by atoms with Crippen LogP contribution in [0.2, 0.25) is 0 Å². The van der Waals surface area contributed by atoms with Crippen molar-refractivity contribution in [3.05, 3.63) is 29.3 Å². The summed E-state index contributed by atoms with van der Waals surface area (Å²) >= 11 is 0. The van der Waals surface area contributed by atoms with E-state index in [0.717, 1.165) is 25.5 Å². The van der Waals surface area contributed by atoms with Crippen LogP contribution in [0.15, 0.2) is 18.2 Å². The number of nitrogens with two attached hydrogens (primary N) is 1. The molecular weight excluding hydrogens is 229 g/mol. The third-order valence-electron chi connectivity index (χ3n) is 3.26. The van der Waals surface area contributed by atoms with Gasteiger partial charge in [0.05, 0.1) is 5.56 Å². The molecule has 2 N–H and O–H groups in total. The lowest BCUT2D eigenvalue weighted by molar-refractivity contribution is -0.138. The van der Waals surface area contributed by atoms with Gasteiger partial charge in [0.25, 0.3) is 0 Å². The second-order valence-electron chi connectivity index (χ2n) is 4.48. The monoisotopic (exact) mass is 244 g/mol. The summed E-state index contributed by atoms with van der Waals surface area (Å²) in [5.74, 6) is 0. The van der Waals surface area contributed by atoms with Crippen LogP contribution in [0.25, 0.3) is 0 Å². The summed E-state index contributed by atoms with van der Waals surface area (Å²) in [7, 11) is 1.86. The maximum absolute atomic E-state index is 12.9. The van der Waals surface area contributed by atoms with Crippen LogP contribution >= 0.6 is 0 Å². The summed E-state index contributed by atoms with van der Waals surface area (Å²) in [6.07, 6.45) is -2.64. The van der Waals surface area contributed by atoms with Gasteiger partial charge in [-0.15, -0.1) is 0 Å². The van der Waals surface area contributed by atoms with E-state index in [9.17, 15) is 13.2 Å². The molecule has 5 heteroatoms. The molecule has 0 saturated carbocycles. The van der Waals surface area contributed by atoms with Crippen LogP contribution in [0.1, 0.15) is 30.0 Å². The van der Waals surface area contributed by atoms with Crippen LogP contribution in [-0.2, 0) is 6.18 Å². The molecule has 0 bridgehead atoms. The fraction of sp³-hybridized carbons (Fsp3) is 0.500. The third kappa shape index (κ3) is 2.39. The molecule has 1 unspecified atom stereocenters. The van der Waals surface area contributed by atoms with E-state index < -0.39 is 11.7 Å². The normalized spacial score (nSPS) is 22.0. The highest BCUT2D eigenvalue weighted by Crippen LogP contribution is 2.40. The Kier molecular flexibility index (Phi) is 3.03. The minimum absolute atomic E-state index is 0.146. The lowest BCUT2D eigenvalue weighted by atomic mass is 9.97. The largest absolute Gasteiger partial charge is 0.416 e. The van der Waals surface area contributed by atoms with Crippen LogP contribution in [-0.4, -0.2) is 18.5 Å². The molecule has 1 aromatic carbocycles. The minimum Gasteiger partial charge on any atom is -0.399 e. The van der Waals surface area contributed by atoms with Crippen LogP contribution in [0.5, 0.6) is 0 Å². The first-order chi connectivity index (χ1) is 7.89. The second-order valence-corrected chi connectivity index (χ2v) is 4.48. The Hall–Kier alpha value is -1.23. The number of anilines is 1. The quantitative estimate of drug-likeness (QED) is 0.769. The summed E-state index contributed by atoms with van der Waals surface area (Å²) in [4.78, 5) is 1.96. The Morgan fingerprint density at radius 3 is 2.59 bits per heavy atom. The van der Waals surface area contributed by atoms with E-state index >= 15 is 0 Å². The molecule has 1 fully saturated rings. The van der Waals surface area contributed by atoms with E-state index in [1.54, 1.807) is 0 Å². The smallest absolute Gasteiger partial charge is 0.399 e. The van der Waals surface area contributed by atoms with E-state index in [4.69, 9.17) is 5.73 Å². The van der Waals surface area contributed by atoms with E-state index in [2.05, 4.69) is 0 Å². The molecule has 1 saturated heterocycles. The van der Waals surface area contributed by atoms with Gasteiger partial charge in [-0.25, -0.2) is 0 Å². The standard InChI is InChI=1S/C12H15F3N2/c1-17-6-2-3-11(17)9-5-4-8(16)7-10(9)12(13,14)15/h4-5,7,11H,2-3,6,16H2,1H3. The SMILES string of the molecule is CN1CCCC1c1ccc(N)cc1C(F)(F)F. The highest BCUT2D eigenvalue weighted by molar-refractivity contribution is 5.47. The van der Waals surface area contributed by atoms with Crippen molar-refractivity contribution in [1.29, 1.82) is 0 Å². The number of halogens is 3. The number of nitrogen functional groups attached to an aromatic ring is 1. The average Bonchev–Trinajstić information content (AvgIpc) is 2.63. The summed E-state index contributed by atoms with van der Waals surface area (Å²) in [5, 5.41) is 0. The number of hydrogen-bond acceptors (Lipinski definition) is 2. The van der Waals surface area contributed by atoms with Gasteiger partial charge in [-0.3, -0.25) is 4.90 Å². The van der Waals surface area contributed by atoms with Gasteiger partial charge >= 0.3 is 6.18 Å². The Morgan fingerprint density at radius 2 is 2.06 bits per heavy atom. The van der Waals surface area contributed by atoms with Crippen LogP contribution in [0.3, 0.4) is 0 Å². The molecular formula is C12H15F3N2. The van der Waals surface area contributed by atoms with Gasteiger partial charge in [0, 0.05) is 11.7 Å². The molecule has 1 atom stereocenters. The molecule has 1 aliphatic heterocycles.